The van der Waals surface area contributed by atoms with Gasteiger partial charge in [0.25, 0.3) is 0 Å². The molecule has 0 spiro atoms. The van der Waals surface area contributed by atoms with Gasteiger partial charge in [-0.25, -0.2) is 0 Å². The lowest BCUT2D eigenvalue weighted by atomic mass is 9.79. The molecule has 20 heavy (non-hydrogen) atoms. The van der Waals surface area contributed by atoms with E-state index in [1.807, 2.05) is 0 Å². The zero-order valence-corrected chi connectivity index (χ0v) is 13.5. The van der Waals surface area contributed by atoms with Gasteiger partial charge in [0, 0.05) is 25.7 Å². The molecule has 0 aromatic rings. The van der Waals surface area contributed by atoms with Crippen LogP contribution >= 0.6 is 0 Å². The van der Waals surface area contributed by atoms with Crippen LogP contribution < -0.4 is 5.32 Å². The normalized spacial score (nSPS) is 33.5. The van der Waals surface area contributed by atoms with Gasteiger partial charge in [0.1, 0.15) is 0 Å². The Morgan fingerprint density at radius 1 is 1.10 bits per heavy atom. The molecule has 0 amide bonds. The van der Waals surface area contributed by atoms with E-state index >= 15 is 0 Å². The maximum Gasteiger partial charge on any atom is 0.00988 e. The fraction of sp³-hybridized carbons (Fsp3) is 1.00. The minimum atomic E-state index is 0.593. The second-order valence-electron chi connectivity index (χ2n) is 7.85. The summed E-state index contributed by atoms with van der Waals surface area (Å²) in [7, 11) is 0. The lowest BCUT2D eigenvalue weighted by Crippen LogP contribution is -2.46. The van der Waals surface area contributed by atoms with Gasteiger partial charge >= 0.3 is 0 Å². The van der Waals surface area contributed by atoms with Crippen LogP contribution in [-0.4, -0.2) is 37.1 Å². The molecule has 1 heterocycles. The highest BCUT2D eigenvalue weighted by Crippen LogP contribution is 2.42. The van der Waals surface area contributed by atoms with E-state index in [1.165, 1.54) is 90.4 Å². The van der Waals surface area contributed by atoms with Crippen LogP contribution in [0.25, 0.3) is 0 Å². The van der Waals surface area contributed by atoms with Crippen molar-refractivity contribution < 1.29 is 0 Å². The monoisotopic (exact) mass is 278 g/mol. The second kappa shape index (κ2) is 6.79. The predicted octanol–water partition coefficient (Wildman–Crippen LogP) is 3.81. The van der Waals surface area contributed by atoms with Gasteiger partial charge in [-0.05, 0) is 56.4 Å². The Labute approximate surface area is 125 Å². The average molecular weight is 278 g/mol. The van der Waals surface area contributed by atoms with E-state index < -0.39 is 0 Å². The van der Waals surface area contributed by atoms with Gasteiger partial charge < -0.3 is 5.32 Å². The molecule has 2 unspecified atom stereocenters. The highest BCUT2D eigenvalue weighted by molar-refractivity contribution is 4.96. The van der Waals surface area contributed by atoms with Gasteiger partial charge in [0.05, 0.1) is 0 Å². The van der Waals surface area contributed by atoms with E-state index in [1.54, 1.807) is 0 Å². The topological polar surface area (TPSA) is 15.3 Å². The number of nitrogens with zero attached hydrogens (tertiary/aromatic N) is 1. The fourth-order valence-electron chi connectivity index (χ4n) is 5.05. The van der Waals surface area contributed by atoms with Gasteiger partial charge in [0.2, 0.25) is 0 Å². The molecule has 1 aliphatic heterocycles. The standard InChI is InChI=1S/C18H34N2/c1-2-11-19-14-18(9-5-3-4-6-10-18)15-20-13-16-7-8-17(20)12-16/h16-17,19H,2-15H2,1H3. The number of nitrogens with one attached hydrogen (secondary N) is 1. The van der Waals surface area contributed by atoms with Crippen molar-refractivity contribution in [2.24, 2.45) is 11.3 Å². The van der Waals surface area contributed by atoms with E-state index in [-0.39, 0.29) is 0 Å². The summed E-state index contributed by atoms with van der Waals surface area (Å²) >= 11 is 0. The lowest BCUT2D eigenvalue weighted by molar-refractivity contribution is 0.102. The molecule has 2 heteroatoms. The third-order valence-electron chi connectivity index (χ3n) is 6.15. The molecular weight excluding hydrogens is 244 g/mol. The van der Waals surface area contributed by atoms with Crippen molar-refractivity contribution in [2.75, 3.05) is 26.2 Å². The maximum absolute atomic E-state index is 3.76. The van der Waals surface area contributed by atoms with E-state index in [2.05, 4.69) is 17.1 Å². The average Bonchev–Trinajstić information content (AvgIpc) is 2.98. The molecule has 2 atom stereocenters. The molecule has 116 valence electrons. The Bertz CT molecular complexity index is 294. The fourth-order valence-corrected chi connectivity index (χ4v) is 5.05. The van der Waals surface area contributed by atoms with Crippen LogP contribution in [0.3, 0.4) is 0 Å². The van der Waals surface area contributed by atoms with Crippen molar-refractivity contribution in [1.29, 1.82) is 0 Å². The first-order chi connectivity index (χ1) is 9.81. The number of hydrogen-bond donors (Lipinski definition) is 1. The van der Waals surface area contributed by atoms with E-state index in [0.717, 1.165) is 12.0 Å². The van der Waals surface area contributed by atoms with Crippen molar-refractivity contribution in [3.63, 3.8) is 0 Å². The first-order valence-electron chi connectivity index (χ1n) is 9.26. The quantitative estimate of drug-likeness (QED) is 0.587. The summed E-state index contributed by atoms with van der Waals surface area (Å²) in [6, 6.07) is 0.950. The van der Waals surface area contributed by atoms with E-state index in [4.69, 9.17) is 0 Å². The number of hydrogen-bond acceptors (Lipinski definition) is 2. The Hall–Kier alpha value is -0.0800. The summed E-state index contributed by atoms with van der Waals surface area (Å²) in [5, 5.41) is 3.76. The molecule has 2 nitrogen and oxygen atoms in total. The number of likely N-dealkylation sites (tertiary alicyclic amines) is 1. The Morgan fingerprint density at radius 2 is 1.90 bits per heavy atom. The number of fused-ring (bicyclic) bond motifs is 2. The van der Waals surface area contributed by atoms with Gasteiger partial charge in [-0.2, -0.15) is 0 Å². The summed E-state index contributed by atoms with van der Waals surface area (Å²) in [5.41, 5.74) is 0.593. The van der Waals surface area contributed by atoms with Gasteiger partial charge in [-0.3, -0.25) is 4.90 Å². The zero-order valence-electron chi connectivity index (χ0n) is 13.5. The van der Waals surface area contributed by atoms with Crippen molar-refractivity contribution in [2.45, 2.75) is 77.2 Å². The van der Waals surface area contributed by atoms with Crippen LogP contribution in [0.15, 0.2) is 0 Å². The van der Waals surface area contributed by atoms with Crippen LogP contribution in [0, 0.1) is 11.3 Å². The molecule has 0 aromatic carbocycles. The molecule has 0 aromatic heterocycles. The van der Waals surface area contributed by atoms with E-state index in [9.17, 15) is 0 Å². The third-order valence-corrected chi connectivity index (χ3v) is 6.15. The molecule has 1 saturated heterocycles. The molecule has 0 radical (unpaired) electrons. The first kappa shape index (κ1) is 14.8. The largest absolute Gasteiger partial charge is 0.316 e. The summed E-state index contributed by atoms with van der Waals surface area (Å²) in [6.07, 6.45) is 14.6. The maximum atomic E-state index is 3.76. The molecular formula is C18H34N2. The van der Waals surface area contributed by atoms with Crippen molar-refractivity contribution in [3.8, 4) is 0 Å². The molecule has 3 rings (SSSR count). The Kier molecular flexibility index (Phi) is 5.04. The van der Waals surface area contributed by atoms with Crippen LogP contribution in [0.1, 0.15) is 71.1 Å². The number of rotatable bonds is 6. The molecule has 1 N–H and O–H groups in total. The number of piperidine rings is 1. The first-order valence-corrected chi connectivity index (χ1v) is 9.26. The van der Waals surface area contributed by atoms with Crippen molar-refractivity contribution in [3.05, 3.63) is 0 Å². The van der Waals surface area contributed by atoms with Gasteiger partial charge in [-0.1, -0.05) is 32.6 Å². The minimum absolute atomic E-state index is 0.593. The molecule has 3 fully saturated rings. The molecule has 2 saturated carbocycles. The zero-order chi connectivity index (χ0) is 13.8. The second-order valence-corrected chi connectivity index (χ2v) is 7.85. The SMILES string of the molecule is CCCNCC1(CN2CC3CCC2C3)CCCCCC1. The van der Waals surface area contributed by atoms with Crippen LogP contribution in [0.5, 0.6) is 0 Å². The summed E-state index contributed by atoms with van der Waals surface area (Å²) < 4.78 is 0. The Balaban J connectivity index is 1.61. The van der Waals surface area contributed by atoms with Crippen LogP contribution in [0.2, 0.25) is 0 Å². The summed E-state index contributed by atoms with van der Waals surface area (Å²) in [5.74, 6) is 1.05. The van der Waals surface area contributed by atoms with Gasteiger partial charge in [-0.15, -0.1) is 0 Å². The highest BCUT2D eigenvalue weighted by atomic mass is 15.2. The Morgan fingerprint density at radius 3 is 2.50 bits per heavy atom. The van der Waals surface area contributed by atoms with Gasteiger partial charge in [0.15, 0.2) is 0 Å². The molecule has 3 aliphatic rings. The highest BCUT2D eigenvalue weighted by Gasteiger charge is 2.42. The molecule has 2 bridgehead atoms. The van der Waals surface area contributed by atoms with E-state index in [0.29, 0.717) is 5.41 Å². The van der Waals surface area contributed by atoms with Crippen molar-refractivity contribution >= 4 is 0 Å². The predicted molar refractivity (Wildman–Crippen MR) is 86.0 cm³/mol. The third kappa shape index (κ3) is 3.39. The van der Waals surface area contributed by atoms with Crippen molar-refractivity contribution in [1.82, 2.24) is 10.2 Å². The summed E-state index contributed by atoms with van der Waals surface area (Å²) in [4.78, 5) is 2.88. The smallest absolute Gasteiger partial charge is 0.00988 e. The lowest BCUT2D eigenvalue weighted by Gasteiger charge is -2.40. The van der Waals surface area contributed by atoms with Crippen LogP contribution in [0.4, 0.5) is 0 Å². The molecule has 2 aliphatic carbocycles. The minimum Gasteiger partial charge on any atom is -0.316 e. The summed E-state index contributed by atoms with van der Waals surface area (Å²) in [6.45, 7) is 7.57. The van der Waals surface area contributed by atoms with Crippen LogP contribution in [-0.2, 0) is 0 Å².